The summed E-state index contributed by atoms with van der Waals surface area (Å²) in [6.45, 7) is 7.92. The number of imide groups is 1. The summed E-state index contributed by atoms with van der Waals surface area (Å²) in [4.78, 5) is 41.3. The number of para-hydroxylation sites is 1. The van der Waals surface area contributed by atoms with E-state index in [4.69, 9.17) is 9.72 Å². The topological polar surface area (TPSA) is 94.6 Å². The van der Waals surface area contributed by atoms with Crippen LogP contribution in [0.4, 0.5) is 4.79 Å². The van der Waals surface area contributed by atoms with Gasteiger partial charge in [0.1, 0.15) is 0 Å². The molecule has 1 heterocycles. The summed E-state index contributed by atoms with van der Waals surface area (Å²) in [7, 11) is 0. The molecule has 1 N–H and O–H groups in total. The number of carbonyl (C=O) groups excluding carboxylic acids is 3. The van der Waals surface area contributed by atoms with Crippen molar-refractivity contribution < 1.29 is 23.9 Å². The van der Waals surface area contributed by atoms with Crippen LogP contribution < -0.4 is 5.32 Å². The lowest BCUT2D eigenvalue weighted by Crippen LogP contribution is -2.35. The number of esters is 1. The van der Waals surface area contributed by atoms with Gasteiger partial charge in [-0.1, -0.05) is 45.4 Å². The van der Waals surface area contributed by atoms with Crippen LogP contribution in [0.15, 0.2) is 24.3 Å². The fourth-order valence-corrected chi connectivity index (χ4v) is 4.10. The third-order valence-electron chi connectivity index (χ3n) is 6.33. The quantitative estimate of drug-likeness (QED) is 0.696. The summed E-state index contributed by atoms with van der Waals surface area (Å²) in [5.41, 5.74) is 3.18. The van der Waals surface area contributed by atoms with Gasteiger partial charge in [0.2, 0.25) is 0 Å². The lowest BCUT2D eigenvalue weighted by Gasteiger charge is -2.37. The predicted octanol–water partition coefficient (Wildman–Crippen LogP) is 4.21. The van der Waals surface area contributed by atoms with Crippen molar-refractivity contribution in [2.24, 2.45) is 11.3 Å². The Kier molecular flexibility index (Phi) is 6.93. The number of aryl methyl sites for hydroxylation is 1. The van der Waals surface area contributed by atoms with Gasteiger partial charge >= 0.3 is 12.1 Å². The van der Waals surface area contributed by atoms with E-state index in [0.717, 1.165) is 42.5 Å². The van der Waals surface area contributed by atoms with Crippen molar-refractivity contribution in [2.45, 2.75) is 53.4 Å². The van der Waals surface area contributed by atoms with Crippen LogP contribution in [0.2, 0.25) is 0 Å². The SMILES string of the molecule is CCOC(=O)NC(=O)COC(=O)c1c2c(nc3ccccc13)CC[C@@H](C(C)(C)CC)C2. The number of amides is 2. The lowest BCUT2D eigenvalue weighted by atomic mass is 9.68. The summed E-state index contributed by atoms with van der Waals surface area (Å²) in [5.74, 6) is -0.889. The fourth-order valence-electron chi connectivity index (χ4n) is 4.10. The molecule has 0 spiro atoms. The first-order valence-electron chi connectivity index (χ1n) is 10.8. The Bertz CT molecular complexity index is 999. The molecule has 1 aliphatic carbocycles. The number of carbonyl (C=O) groups is 3. The normalized spacial score (nSPS) is 15.8. The van der Waals surface area contributed by atoms with E-state index in [0.29, 0.717) is 16.9 Å². The molecule has 166 valence electrons. The molecule has 0 saturated heterocycles. The molecule has 0 fully saturated rings. The zero-order valence-electron chi connectivity index (χ0n) is 18.6. The first-order chi connectivity index (χ1) is 14.8. The number of ether oxygens (including phenoxy) is 2. The number of hydrogen-bond acceptors (Lipinski definition) is 6. The van der Waals surface area contributed by atoms with Gasteiger partial charge in [0.15, 0.2) is 6.61 Å². The predicted molar refractivity (Wildman–Crippen MR) is 117 cm³/mol. The van der Waals surface area contributed by atoms with Gasteiger partial charge in [0.25, 0.3) is 5.91 Å². The number of alkyl carbamates (subject to hydrolysis) is 1. The van der Waals surface area contributed by atoms with Crippen molar-refractivity contribution in [1.29, 1.82) is 0 Å². The second-order valence-electron chi connectivity index (χ2n) is 8.56. The molecule has 0 bridgehead atoms. The summed E-state index contributed by atoms with van der Waals surface area (Å²) < 4.78 is 9.97. The van der Waals surface area contributed by atoms with E-state index in [1.54, 1.807) is 6.92 Å². The molecule has 0 unspecified atom stereocenters. The van der Waals surface area contributed by atoms with E-state index in [9.17, 15) is 14.4 Å². The minimum atomic E-state index is -0.861. The average Bonchev–Trinajstić information content (AvgIpc) is 2.75. The molecule has 2 aromatic rings. The van der Waals surface area contributed by atoms with E-state index in [1.807, 2.05) is 29.6 Å². The maximum absolute atomic E-state index is 13.1. The highest BCUT2D eigenvalue weighted by Gasteiger charge is 2.34. The minimum Gasteiger partial charge on any atom is -0.452 e. The van der Waals surface area contributed by atoms with Gasteiger partial charge in [0, 0.05) is 11.1 Å². The van der Waals surface area contributed by atoms with E-state index in [-0.39, 0.29) is 12.0 Å². The molecule has 1 atom stereocenters. The largest absolute Gasteiger partial charge is 0.452 e. The maximum Gasteiger partial charge on any atom is 0.413 e. The first-order valence-corrected chi connectivity index (χ1v) is 10.8. The van der Waals surface area contributed by atoms with Crippen LogP contribution in [0.3, 0.4) is 0 Å². The van der Waals surface area contributed by atoms with Crippen LogP contribution in [-0.2, 0) is 27.1 Å². The number of benzene rings is 1. The molecular weight excluding hydrogens is 396 g/mol. The van der Waals surface area contributed by atoms with Crippen molar-refractivity contribution >= 4 is 28.9 Å². The molecule has 7 nitrogen and oxygen atoms in total. The van der Waals surface area contributed by atoms with Crippen molar-refractivity contribution in [3.63, 3.8) is 0 Å². The standard InChI is InChI=1S/C24H30N2O5/c1-5-24(3,4)15-11-12-19-17(13-15)21(16-9-7-8-10-18(16)25-19)22(28)31-14-20(27)26-23(29)30-6-2/h7-10,15H,5-6,11-14H2,1-4H3,(H,26,27,29)/t15-/m1/s1. The summed E-state index contributed by atoms with van der Waals surface area (Å²) in [6, 6.07) is 7.47. The fraction of sp³-hybridized carbons (Fsp3) is 0.500. The van der Waals surface area contributed by atoms with Crippen LogP contribution in [0, 0.1) is 11.3 Å². The Hall–Kier alpha value is -2.96. The zero-order chi connectivity index (χ0) is 22.6. The number of nitrogens with zero attached hydrogens (tertiary/aromatic N) is 1. The van der Waals surface area contributed by atoms with Gasteiger partial charge in [-0.3, -0.25) is 15.1 Å². The van der Waals surface area contributed by atoms with Gasteiger partial charge in [-0.2, -0.15) is 0 Å². The van der Waals surface area contributed by atoms with Gasteiger partial charge < -0.3 is 9.47 Å². The zero-order valence-corrected chi connectivity index (χ0v) is 18.6. The van der Waals surface area contributed by atoms with Crippen molar-refractivity contribution in [3.05, 3.63) is 41.1 Å². The highest BCUT2D eigenvalue weighted by Crippen LogP contribution is 2.41. The van der Waals surface area contributed by atoms with E-state index >= 15 is 0 Å². The molecule has 1 aromatic carbocycles. The highest BCUT2D eigenvalue weighted by molar-refractivity contribution is 6.06. The van der Waals surface area contributed by atoms with Crippen LogP contribution >= 0.6 is 0 Å². The first kappa shape index (κ1) is 22.7. The number of rotatable bonds is 6. The van der Waals surface area contributed by atoms with Crippen LogP contribution in [-0.4, -0.2) is 36.2 Å². The van der Waals surface area contributed by atoms with Gasteiger partial charge in [-0.05, 0) is 49.1 Å². The van der Waals surface area contributed by atoms with Gasteiger partial charge in [-0.25, -0.2) is 9.59 Å². The molecule has 3 rings (SSSR count). The second-order valence-corrected chi connectivity index (χ2v) is 8.56. The molecule has 7 heteroatoms. The van der Waals surface area contributed by atoms with Gasteiger partial charge in [-0.15, -0.1) is 0 Å². The lowest BCUT2D eigenvalue weighted by molar-refractivity contribution is -0.123. The minimum absolute atomic E-state index is 0.142. The maximum atomic E-state index is 13.1. The molecule has 0 saturated carbocycles. The monoisotopic (exact) mass is 426 g/mol. The van der Waals surface area contributed by atoms with Crippen molar-refractivity contribution in [2.75, 3.05) is 13.2 Å². The average molecular weight is 427 g/mol. The number of nitrogens with one attached hydrogen (secondary N) is 1. The smallest absolute Gasteiger partial charge is 0.413 e. The van der Waals surface area contributed by atoms with E-state index in [1.165, 1.54) is 0 Å². The molecule has 1 aromatic heterocycles. The number of pyridine rings is 1. The Morgan fingerprint density at radius 3 is 2.61 bits per heavy atom. The van der Waals surface area contributed by atoms with E-state index < -0.39 is 24.6 Å². The molecule has 2 amide bonds. The number of hydrogen-bond donors (Lipinski definition) is 1. The Morgan fingerprint density at radius 2 is 1.90 bits per heavy atom. The van der Waals surface area contributed by atoms with E-state index in [2.05, 4.69) is 25.5 Å². The van der Waals surface area contributed by atoms with Gasteiger partial charge in [0.05, 0.1) is 17.7 Å². The molecule has 0 radical (unpaired) electrons. The number of fused-ring (bicyclic) bond motifs is 2. The van der Waals surface area contributed by atoms with Crippen LogP contribution in [0.5, 0.6) is 0 Å². The molecule has 31 heavy (non-hydrogen) atoms. The Labute approximate surface area is 182 Å². The molecule has 0 aliphatic heterocycles. The summed E-state index contributed by atoms with van der Waals surface area (Å²) in [5, 5.41) is 2.75. The third kappa shape index (κ3) is 5.03. The third-order valence-corrected chi connectivity index (χ3v) is 6.33. The Morgan fingerprint density at radius 1 is 1.16 bits per heavy atom. The molecular formula is C24H30N2O5. The van der Waals surface area contributed by atoms with Crippen molar-refractivity contribution in [3.8, 4) is 0 Å². The van der Waals surface area contributed by atoms with Crippen LogP contribution in [0.25, 0.3) is 10.9 Å². The van der Waals surface area contributed by atoms with Crippen LogP contribution in [0.1, 0.15) is 62.2 Å². The summed E-state index contributed by atoms with van der Waals surface area (Å²) >= 11 is 0. The highest BCUT2D eigenvalue weighted by atomic mass is 16.6. The number of aromatic nitrogens is 1. The molecule has 1 aliphatic rings. The van der Waals surface area contributed by atoms with Crippen molar-refractivity contribution in [1.82, 2.24) is 10.3 Å². The Balaban J connectivity index is 1.90. The second kappa shape index (κ2) is 9.45. The summed E-state index contributed by atoms with van der Waals surface area (Å²) in [6.07, 6.45) is 2.75.